The van der Waals surface area contributed by atoms with Gasteiger partial charge in [-0.25, -0.2) is 0 Å². The molecule has 0 spiro atoms. The van der Waals surface area contributed by atoms with Crippen molar-refractivity contribution >= 4 is 10.8 Å². The van der Waals surface area contributed by atoms with Crippen molar-refractivity contribution in [1.29, 1.82) is 0 Å². The molecule has 0 unspecified atom stereocenters. The summed E-state index contributed by atoms with van der Waals surface area (Å²) < 4.78 is 11.2. The number of nitrogens with zero attached hydrogens (tertiary/aromatic N) is 1. The predicted molar refractivity (Wildman–Crippen MR) is 98.1 cm³/mol. The Kier molecular flexibility index (Phi) is 3.72. The van der Waals surface area contributed by atoms with Crippen molar-refractivity contribution in [2.24, 2.45) is 5.41 Å². The first-order valence-electron chi connectivity index (χ1n) is 8.95. The fourth-order valence-corrected chi connectivity index (χ4v) is 5.04. The molecule has 2 aliphatic rings. The Morgan fingerprint density at radius 3 is 2.67 bits per heavy atom. The number of aryl methyl sites for hydroxylation is 1. The van der Waals surface area contributed by atoms with Gasteiger partial charge in [-0.2, -0.15) is 0 Å². The van der Waals surface area contributed by atoms with Crippen LogP contribution in [0.25, 0.3) is 10.8 Å². The molecule has 1 heterocycles. The standard InChI is InChI=1S/C21H27NO2/c1-21-9-5-6-15-16-8-7-14(23-3)12-17(16)19(24-4)13-18(15)20(21)22(2)11-10-21/h7-8,12-13,20H,5-6,9-11H2,1-4H3/t20-,21+/m0/s1. The van der Waals surface area contributed by atoms with E-state index in [0.29, 0.717) is 11.5 Å². The molecule has 0 N–H and O–H groups in total. The van der Waals surface area contributed by atoms with Gasteiger partial charge in [-0.05, 0) is 79.4 Å². The van der Waals surface area contributed by atoms with Gasteiger partial charge in [0.1, 0.15) is 11.5 Å². The topological polar surface area (TPSA) is 21.7 Å². The van der Waals surface area contributed by atoms with E-state index >= 15 is 0 Å². The van der Waals surface area contributed by atoms with Gasteiger partial charge < -0.3 is 9.47 Å². The molecule has 0 saturated carbocycles. The van der Waals surface area contributed by atoms with Crippen LogP contribution in [0.3, 0.4) is 0 Å². The van der Waals surface area contributed by atoms with Crippen molar-refractivity contribution in [3.8, 4) is 11.5 Å². The summed E-state index contributed by atoms with van der Waals surface area (Å²) in [5, 5.41) is 2.49. The van der Waals surface area contributed by atoms with Crippen LogP contribution in [-0.2, 0) is 6.42 Å². The van der Waals surface area contributed by atoms with Crippen molar-refractivity contribution in [1.82, 2.24) is 4.90 Å². The average Bonchev–Trinajstić information content (AvgIpc) is 2.80. The molecule has 2 aromatic carbocycles. The van der Waals surface area contributed by atoms with Gasteiger partial charge in [0.15, 0.2) is 0 Å². The summed E-state index contributed by atoms with van der Waals surface area (Å²) >= 11 is 0. The number of likely N-dealkylation sites (tertiary alicyclic amines) is 1. The van der Waals surface area contributed by atoms with Crippen molar-refractivity contribution in [2.75, 3.05) is 27.8 Å². The number of ether oxygens (including phenoxy) is 2. The highest BCUT2D eigenvalue weighted by atomic mass is 16.5. The molecule has 1 aliphatic heterocycles. The SMILES string of the molecule is COc1ccc2c3c(cc(OC)c2c1)[C@@H]1N(C)CC[C@@]1(C)CCC3. The first-order chi connectivity index (χ1) is 11.6. The first-order valence-corrected chi connectivity index (χ1v) is 8.95. The summed E-state index contributed by atoms with van der Waals surface area (Å²) in [6, 6.07) is 9.19. The first kappa shape index (κ1) is 15.8. The Morgan fingerprint density at radius 1 is 1.08 bits per heavy atom. The highest BCUT2D eigenvalue weighted by Gasteiger charge is 2.45. The van der Waals surface area contributed by atoms with Crippen LogP contribution in [0.1, 0.15) is 43.4 Å². The number of fused-ring (bicyclic) bond motifs is 5. The highest BCUT2D eigenvalue weighted by molar-refractivity contribution is 5.93. The van der Waals surface area contributed by atoms with Crippen molar-refractivity contribution in [2.45, 2.75) is 38.6 Å². The van der Waals surface area contributed by atoms with E-state index in [-0.39, 0.29) is 0 Å². The number of methoxy groups -OCH3 is 2. The summed E-state index contributed by atoms with van der Waals surface area (Å²) in [6.07, 6.45) is 5.01. The Bertz CT molecular complexity index is 785. The van der Waals surface area contributed by atoms with Crippen LogP contribution < -0.4 is 9.47 Å². The minimum Gasteiger partial charge on any atom is -0.497 e. The van der Waals surface area contributed by atoms with Crippen molar-refractivity contribution in [3.05, 3.63) is 35.4 Å². The van der Waals surface area contributed by atoms with E-state index in [2.05, 4.69) is 43.1 Å². The van der Waals surface area contributed by atoms with Gasteiger partial charge in [0.25, 0.3) is 0 Å². The van der Waals surface area contributed by atoms with Gasteiger partial charge in [0, 0.05) is 11.4 Å². The summed E-state index contributed by atoms with van der Waals surface area (Å²) in [5.41, 5.74) is 3.37. The number of hydrogen-bond donors (Lipinski definition) is 0. The van der Waals surface area contributed by atoms with E-state index in [4.69, 9.17) is 9.47 Å². The minimum absolute atomic E-state index is 0.380. The summed E-state index contributed by atoms with van der Waals surface area (Å²) in [5.74, 6) is 1.85. The maximum atomic E-state index is 5.78. The molecule has 1 saturated heterocycles. The average molecular weight is 325 g/mol. The second-order valence-corrected chi connectivity index (χ2v) is 7.70. The van der Waals surface area contributed by atoms with E-state index in [0.717, 1.165) is 17.9 Å². The van der Waals surface area contributed by atoms with Gasteiger partial charge in [0.05, 0.1) is 14.2 Å². The molecule has 0 aromatic heterocycles. The third kappa shape index (κ3) is 2.21. The smallest absolute Gasteiger partial charge is 0.127 e. The molecule has 3 nitrogen and oxygen atoms in total. The molecule has 128 valence electrons. The highest BCUT2D eigenvalue weighted by Crippen LogP contribution is 2.54. The van der Waals surface area contributed by atoms with Crippen LogP contribution in [0, 0.1) is 5.41 Å². The number of benzene rings is 2. The molecule has 0 bridgehead atoms. The monoisotopic (exact) mass is 325 g/mol. The Labute approximate surface area is 144 Å². The Balaban J connectivity index is 2.00. The largest absolute Gasteiger partial charge is 0.497 e. The van der Waals surface area contributed by atoms with Gasteiger partial charge >= 0.3 is 0 Å². The fourth-order valence-electron chi connectivity index (χ4n) is 5.04. The molecule has 0 radical (unpaired) electrons. The minimum atomic E-state index is 0.380. The molecule has 0 amide bonds. The maximum absolute atomic E-state index is 5.78. The van der Waals surface area contributed by atoms with E-state index in [1.165, 1.54) is 47.7 Å². The fraction of sp³-hybridized carbons (Fsp3) is 0.524. The van der Waals surface area contributed by atoms with Gasteiger partial charge in [-0.3, -0.25) is 4.90 Å². The van der Waals surface area contributed by atoms with E-state index < -0.39 is 0 Å². The molecular weight excluding hydrogens is 298 g/mol. The van der Waals surface area contributed by atoms with Gasteiger partial charge in [-0.1, -0.05) is 13.0 Å². The van der Waals surface area contributed by atoms with E-state index in [9.17, 15) is 0 Å². The zero-order valence-corrected chi connectivity index (χ0v) is 15.2. The van der Waals surface area contributed by atoms with Crippen LogP contribution in [-0.4, -0.2) is 32.7 Å². The second-order valence-electron chi connectivity index (χ2n) is 7.70. The van der Waals surface area contributed by atoms with Crippen LogP contribution in [0.5, 0.6) is 11.5 Å². The molecule has 24 heavy (non-hydrogen) atoms. The van der Waals surface area contributed by atoms with Gasteiger partial charge in [-0.15, -0.1) is 0 Å². The quantitative estimate of drug-likeness (QED) is 0.807. The zero-order valence-electron chi connectivity index (χ0n) is 15.2. The van der Waals surface area contributed by atoms with Crippen molar-refractivity contribution < 1.29 is 9.47 Å². The lowest BCUT2D eigenvalue weighted by Crippen LogP contribution is -2.27. The van der Waals surface area contributed by atoms with Crippen LogP contribution in [0.4, 0.5) is 0 Å². The predicted octanol–water partition coefficient (Wildman–Crippen LogP) is 4.58. The number of rotatable bonds is 2. The Hall–Kier alpha value is -1.74. The lowest BCUT2D eigenvalue weighted by Gasteiger charge is -2.34. The second kappa shape index (κ2) is 5.66. The molecule has 1 fully saturated rings. The lowest BCUT2D eigenvalue weighted by atomic mass is 9.76. The zero-order chi connectivity index (χ0) is 16.9. The molecule has 2 atom stereocenters. The Morgan fingerprint density at radius 2 is 1.92 bits per heavy atom. The summed E-state index contributed by atoms with van der Waals surface area (Å²) in [7, 11) is 5.76. The molecule has 2 aromatic rings. The van der Waals surface area contributed by atoms with E-state index in [1.807, 2.05) is 0 Å². The third-order valence-electron chi connectivity index (χ3n) is 6.28. The third-order valence-corrected chi connectivity index (χ3v) is 6.28. The summed E-state index contributed by atoms with van der Waals surface area (Å²) in [6.45, 7) is 3.66. The summed E-state index contributed by atoms with van der Waals surface area (Å²) in [4.78, 5) is 2.54. The lowest BCUT2D eigenvalue weighted by molar-refractivity contribution is 0.186. The van der Waals surface area contributed by atoms with Crippen LogP contribution in [0.15, 0.2) is 24.3 Å². The molecule has 4 rings (SSSR count). The normalized spacial score (nSPS) is 26.8. The molecule has 1 aliphatic carbocycles. The van der Waals surface area contributed by atoms with Crippen molar-refractivity contribution in [3.63, 3.8) is 0 Å². The maximum Gasteiger partial charge on any atom is 0.127 e. The molecular formula is C21H27NO2. The van der Waals surface area contributed by atoms with Crippen LogP contribution in [0.2, 0.25) is 0 Å². The number of hydrogen-bond acceptors (Lipinski definition) is 3. The molecule has 3 heteroatoms. The van der Waals surface area contributed by atoms with Gasteiger partial charge in [0.2, 0.25) is 0 Å². The van der Waals surface area contributed by atoms with Crippen LogP contribution >= 0.6 is 0 Å². The van der Waals surface area contributed by atoms with E-state index in [1.54, 1.807) is 14.2 Å².